The zero-order chi connectivity index (χ0) is 17.4. The normalized spacial score (nSPS) is 22.8. The van der Waals surface area contributed by atoms with Crippen molar-refractivity contribution in [2.45, 2.75) is 25.4 Å². The van der Waals surface area contributed by atoms with Crippen LogP contribution in [0.1, 0.15) is 18.4 Å². The summed E-state index contributed by atoms with van der Waals surface area (Å²) in [5.41, 5.74) is 2.70. The lowest BCUT2D eigenvalue weighted by molar-refractivity contribution is -0.137. The Hall–Kier alpha value is -1.85. The van der Waals surface area contributed by atoms with Gasteiger partial charge in [0, 0.05) is 46.0 Å². The number of aryl methyl sites for hydroxylation is 1. The summed E-state index contributed by atoms with van der Waals surface area (Å²) in [4.78, 5) is 19.5. The summed E-state index contributed by atoms with van der Waals surface area (Å²) < 4.78 is 2.21. The quantitative estimate of drug-likeness (QED) is 0.855. The first-order valence-electron chi connectivity index (χ1n) is 9.38. The first kappa shape index (κ1) is 16.6. The number of rotatable bonds is 3. The molecule has 0 radical (unpaired) electrons. The first-order chi connectivity index (χ1) is 12.1. The van der Waals surface area contributed by atoms with Gasteiger partial charge in [0.2, 0.25) is 5.91 Å². The van der Waals surface area contributed by atoms with Crippen molar-refractivity contribution in [1.29, 1.82) is 0 Å². The van der Waals surface area contributed by atoms with E-state index in [-0.39, 0.29) is 6.04 Å². The van der Waals surface area contributed by atoms with Gasteiger partial charge in [0.1, 0.15) is 0 Å². The molecule has 2 saturated heterocycles. The van der Waals surface area contributed by atoms with Crippen molar-refractivity contribution in [3.63, 3.8) is 0 Å². The van der Waals surface area contributed by atoms with E-state index in [4.69, 9.17) is 0 Å². The number of aromatic nitrogens is 1. The molecule has 25 heavy (non-hydrogen) atoms. The molecule has 2 aromatic rings. The molecular weight excluding hydrogens is 312 g/mol. The molecule has 1 aromatic heterocycles. The molecule has 1 atom stereocenters. The van der Waals surface area contributed by atoms with E-state index < -0.39 is 0 Å². The van der Waals surface area contributed by atoms with E-state index in [1.54, 1.807) is 0 Å². The SMILES string of the molecule is CN1CCC[C@@H]1C(=O)N1CCN(Cc2cccc3ccn(C)c23)CC1. The van der Waals surface area contributed by atoms with Crippen molar-refractivity contribution in [2.24, 2.45) is 7.05 Å². The van der Waals surface area contributed by atoms with Gasteiger partial charge in [-0.1, -0.05) is 18.2 Å². The highest BCUT2D eigenvalue weighted by atomic mass is 16.2. The summed E-state index contributed by atoms with van der Waals surface area (Å²) in [5, 5.41) is 1.30. The minimum absolute atomic E-state index is 0.115. The Balaban J connectivity index is 1.39. The second-order valence-corrected chi connectivity index (χ2v) is 7.52. The van der Waals surface area contributed by atoms with Gasteiger partial charge >= 0.3 is 0 Å². The Kier molecular flexibility index (Phi) is 4.52. The number of para-hydroxylation sites is 1. The van der Waals surface area contributed by atoms with Gasteiger partial charge in [-0.25, -0.2) is 0 Å². The molecule has 2 aliphatic rings. The van der Waals surface area contributed by atoms with Gasteiger partial charge in [-0.05, 0) is 43.5 Å². The van der Waals surface area contributed by atoms with Crippen molar-refractivity contribution >= 4 is 16.8 Å². The molecule has 1 amide bonds. The molecule has 0 N–H and O–H groups in total. The summed E-state index contributed by atoms with van der Waals surface area (Å²) in [7, 11) is 4.19. The predicted octanol–water partition coefficient (Wildman–Crippen LogP) is 1.92. The van der Waals surface area contributed by atoms with Crippen molar-refractivity contribution in [3.8, 4) is 0 Å². The fourth-order valence-electron chi connectivity index (χ4n) is 4.37. The van der Waals surface area contributed by atoms with Crippen molar-refractivity contribution in [3.05, 3.63) is 36.0 Å². The summed E-state index contributed by atoms with van der Waals surface area (Å²) in [6, 6.07) is 8.84. The van der Waals surface area contributed by atoms with E-state index in [9.17, 15) is 4.79 Å². The molecule has 2 aliphatic heterocycles. The average molecular weight is 340 g/mol. The van der Waals surface area contributed by atoms with E-state index in [1.165, 1.54) is 16.5 Å². The molecule has 3 heterocycles. The fraction of sp³-hybridized carbons (Fsp3) is 0.550. The number of carbonyl (C=O) groups excluding carboxylic acids is 1. The van der Waals surface area contributed by atoms with Crippen LogP contribution in [0.5, 0.6) is 0 Å². The van der Waals surface area contributed by atoms with Crippen LogP contribution in [0, 0.1) is 0 Å². The lowest BCUT2D eigenvalue weighted by Gasteiger charge is -2.37. The van der Waals surface area contributed by atoms with E-state index in [2.05, 4.69) is 63.8 Å². The number of amides is 1. The predicted molar refractivity (Wildman–Crippen MR) is 100 cm³/mol. The van der Waals surface area contributed by atoms with E-state index >= 15 is 0 Å². The van der Waals surface area contributed by atoms with Crippen LogP contribution in [0.25, 0.3) is 10.9 Å². The van der Waals surface area contributed by atoms with Crippen molar-refractivity contribution in [1.82, 2.24) is 19.3 Å². The molecule has 1 aromatic carbocycles. The molecule has 5 heteroatoms. The number of benzene rings is 1. The van der Waals surface area contributed by atoms with Crippen LogP contribution in [0.3, 0.4) is 0 Å². The molecule has 134 valence electrons. The summed E-state index contributed by atoms with van der Waals surface area (Å²) in [6.07, 6.45) is 4.29. The molecular formula is C20H28N4O. The third-order valence-electron chi connectivity index (χ3n) is 5.86. The third kappa shape index (κ3) is 3.18. The van der Waals surface area contributed by atoms with Crippen LogP contribution in [0.2, 0.25) is 0 Å². The van der Waals surface area contributed by atoms with Gasteiger partial charge in [-0.15, -0.1) is 0 Å². The topological polar surface area (TPSA) is 31.7 Å². The highest BCUT2D eigenvalue weighted by Crippen LogP contribution is 2.22. The minimum Gasteiger partial charge on any atom is -0.350 e. The highest BCUT2D eigenvalue weighted by Gasteiger charge is 2.32. The maximum absolute atomic E-state index is 12.7. The molecule has 5 nitrogen and oxygen atoms in total. The van der Waals surface area contributed by atoms with Crippen LogP contribution in [0.4, 0.5) is 0 Å². The summed E-state index contributed by atoms with van der Waals surface area (Å²) in [6.45, 7) is 5.64. The largest absolute Gasteiger partial charge is 0.350 e. The number of likely N-dealkylation sites (tertiary alicyclic amines) is 1. The number of hydrogen-bond donors (Lipinski definition) is 0. The molecule has 0 bridgehead atoms. The number of hydrogen-bond acceptors (Lipinski definition) is 3. The van der Waals surface area contributed by atoms with Gasteiger partial charge in [0.25, 0.3) is 0 Å². The first-order valence-corrected chi connectivity index (χ1v) is 9.38. The van der Waals surface area contributed by atoms with Crippen molar-refractivity contribution < 1.29 is 4.79 Å². The lowest BCUT2D eigenvalue weighted by atomic mass is 10.1. The van der Waals surface area contributed by atoms with Gasteiger partial charge in [0.15, 0.2) is 0 Å². The Morgan fingerprint density at radius 3 is 2.60 bits per heavy atom. The van der Waals surface area contributed by atoms with Crippen LogP contribution in [-0.2, 0) is 18.4 Å². The Morgan fingerprint density at radius 1 is 1.08 bits per heavy atom. The van der Waals surface area contributed by atoms with Crippen LogP contribution in [-0.4, -0.2) is 71.0 Å². The van der Waals surface area contributed by atoms with Gasteiger partial charge in [0.05, 0.1) is 11.6 Å². The molecule has 0 unspecified atom stereocenters. The molecule has 0 saturated carbocycles. The third-order valence-corrected chi connectivity index (χ3v) is 5.86. The van der Waals surface area contributed by atoms with Crippen LogP contribution in [0.15, 0.2) is 30.5 Å². The number of carbonyl (C=O) groups is 1. The maximum Gasteiger partial charge on any atom is 0.240 e. The second kappa shape index (κ2) is 6.81. The molecule has 0 spiro atoms. The zero-order valence-corrected chi connectivity index (χ0v) is 15.3. The number of nitrogens with zero attached hydrogens (tertiary/aromatic N) is 4. The molecule has 0 aliphatic carbocycles. The minimum atomic E-state index is 0.115. The number of likely N-dealkylation sites (N-methyl/N-ethyl adjacent to an activating group) is 1. The standard InChI is InChI=1S/C20H28N4O/c1-21-9-4-7-18(21)20(25)24-13-11-23(12-14-24)15-17-6-3-5-16-8-10-22(2)19(16)17/h3,5-6,8,10,18H,4,7,9,11-15H2,1-2H3/t18-/m1/s1. The monoisotopic (exact) mass is 340 g/mol. The van der Waals surface area contributed by atoms with E-state index in [0.29, 0.717) is 5.91 Å². The fourth-order valence-corrected chi connectivity index (χ4v) is 4.37. The Bertz CT molecular complexity index is 760. The van der Waals surface area contributed by atoms with Gasteiger partial charge < -0.3 is 9.47 Å². The smallest absolute Gasteiger partial charge is 0.240 e. The van der Waals surface area contributed by atoms with E-state index in [1.807, 2.05) is 0 Å². The van der Waals surface area contributed by atoms with Crippen molar-refractivity contribution in [2.75, 3.05) is 39.8 Å². The van der Waals surface area contributed by atoms with Gasteiger partial charge in [-0.2, -0.15) is 0 Å². The molecule has 4 rings (SSSR count). The zero-order valence-electron chi connectivity index (χ0n) is 15.3. The average Bonchev–Trinajstić information content (AvgIpc) is 3.22. The molecule has 2 fully saturated rings. The Labute approximate surface area is 149 Å². The van der Waals surface area contributed by atoms with Gasteiger partial charge in [-0.3, -0.25) is 14.6 Å². The maximum atomic E-state index is 12.7. The number of piperazine rings is 1. The highest BCUT2D eigenvalue weighted by molar-refractivity contribution is 5.83. The van der Waals surface area contributed by atoms with E-state index in [0.717, 1.165) is 52.1 Å². The summed E-state index contributed by atoms with van der Waals surface area (Å²) in [5.74, 6) is 0.337. The lowest BCUT2D eigenvalue weighted by Crippen LogP contribution is -2.52. The summed E-state index contributed by atoms with van der Waals surface area (Å²) >= 11 is 0. The Morgan fingerprint density at radius 2 is 1.88 bits per heavy atom. The second-order valence-electron chi connectivity index (χ2n) is 7.52. The van der Waals surface area contributed by atoms with Crippen LogP contribution < -0.4 is 0 Å². The number of fused-ring (bicyclic) bond motifs is 1. The van der Waals surface area contributed by atoms with Crippen LogP contribution >= 0.6 is 0 Å².